The number of hydrogen-bond acceptors (Lipinski definition) is 4. The van der Waals surface area contributed by atoms with Crippen LogP contribution >= 0.6 is 0 Å². The molecule has 0 aromatic heterocycles. The highest BCUT2D eigenvalue weighted by atomic mass is 19.1. The summed E-state index contributed by atoms with van der Waals surface area (Å²) in [5.74, 6) is -0.0630. The smallest absolute Gasteiger partial charge is 0.343 e. The minimum atomic E-state index is -0.548. The molecule has 0 saturated carbocycles. The first-order valence-corrected chi connectivity index (χ1v) is 11.0. The molecule has 0 aliphatic heterocycles. The predicted octanol–water partition coefficient (Wildman–Crippen LogP) is 6.96. The van der Waals surface area contributed by atoms with E-state index in [1.165, 1.54) is 44.2 Å². The zero-order valence-electron chi connectivity index (χ0n) is 18.1. The molecule has 164 valence electrons. The summed E-state index contributed by atoms with van der Waals surface area (Å²) in [6, 6.07) is 10.9. The number of ether oxygens (including phenoxy) is 3. The maximum atomic E-state index is 14.3. The highest BCUT2D eigenvalue weighted by Gasteiger charge is 2.12. The second-order valence-corrected chi connectivity index (χ2v) is 7.32. The molecule has 2 rings (SSSR count). The van der Waals surface area contributed by atoms with Crippen molar-refractivity contribution in [3.05, 3.63) is 53.8 Å². The van der Waals surface area contributed by atoms with E-state index in [0.717, 1.165) is 19.3 Å². The molecule has 0 atom stereocenters. The van der Waals surface area contributed by atoms with E-state index >= 15 is 0 Å². The largest absolute Gasteiger partial charge is 0.494 e. The van der Waals surface area contributed by atoms with E-state index in [2.05, 4.69) is 6.92 Å². The van der Waals surface area contributed by atoms with E-state index in [-0.39, 0.29) is 11.5 Å². The molecule has 0 radical (unpaired) electrons. The highest BCUT2D eigenvalue weighted by molar-refractivity contribution is 5.91. The fourth-order valence-electron chi connectivity index (χ4n) is 2.98. The number of halogens is 1. The van der Waals surface area contributed by atoms with Gasteiger partial charge in [0, 0.05) is 6.07 Å². The van der Waals surface area contributed by atoms with Gasteiger partial charge in [0.1, 0.15) is 11.5 Å². The van der Waals surface area contributed by atoms with Gasteiger partial charge < -0.3 is 14.2 Å². The molecule has 0 N–H and O–H groups in total. The number of benzene rings is 2. The Morgan fingerprint density at radius 3 is 2.10 bits per heavy atom. The lowest BCUT2D eigenvalue weighted by atomic mass is 10.1. The Morgan fingerprint density at radius 2 is 1.43 bits per heavy atom. The minimum Gasteiger partial charge on any atom is -0.494 e. The summed E-state index contributed by atoms with van der Waals surface area (Å²) < 4.78 is 30.5. The SMILES string of the molecule is CCCCCCCCCOc1ccc(OC(=O)c2ccc(OCCC)cc2)cc1F. The van der Waals surface area contributed by atoms with Crippen LogP contribution in [0.15, 0.2) is 42.5 Å². The Morgan fingerprint density at radius 1 is 0.767 bits per heavy atom. The molecule has 0 bridgehead atoms. The molecular weight excluding hydrogens is 383 g/mol. The first kappa shape index (κ1) is 23.7. The molecule has 30 heavy (non-hydrogen) atoms. The summed E-state index contributed by atoms with van der Waals surface area (Å²) >= 11 is 0. The minimum absolute atomic E-state index is 0.145. The van der Waals surface area contributed by atoms with E-state index in [1.54, 1.807) is 30.3 Å². The lowest BCUT2D eigenvalue weighted by Crippen LogP contribution is -2.09. The number of hydrogen-bond donors (Lipinski definition) is 0. The normalized spacial score (nSPS) is 10.6. The summed E-state index contributed by atoms with van der Waals surface area (Å²) in [6.07, 6.45) is 9.15. The van der Waals surface area contributed by atoms with Crippen molar-refractivity contribution in [2.45, 2.75) is 65.2 Å². The molecule has 0 amide bonds. The number of carbonyl (C=O) groups is 1. The highest BCUT2D eigenvalue weighted by Crippen LogP contribution is 2.24. The van der Waals surface area contributed by atoms with Gasteiger partial charge in [0.2, 0.25) is 0 Å². The van der Waals surface area contributed by atoms with E-state index < -0.39 is 11.8 Å². The number of carbonyl (C=O) groups excluding carboxylic acids is 1. The van der Waals surface area contributed by atoms with Gasteiger partial charge in [-0.05, 0) is 49.2 Å². The molecule has 2 aromatic rings. The van der Waals surface area contributed by atoms with Gasteiger partial charge in [-0.15, -0.1) is 0 Å². The van der Waals surface area contributed by atoms with Gasteiger partial charge in [-0.25, -0.2) is 9.18 Å². The van der Waals surface area contributed by atoms with E-state index in [4.69, 9.17) is 14.2 Å². The molecule has 0 unspecified atom stereocenters. The van der Waals surface area contributed by atoms with Gasteiger partial charge in [-0.2, -0.15) is 0 Å². The topological polar surface area (TPSA) is 44.8 Å². The van der Waals surface area contributed by atoms with Crippen LogP contribution in [0.4, 0.5) is 4.39 Å². The fourth-order valence-corrected chi connectivity index (χ4v) is 2.98. The first-order chi connectivity index (χ1) is 14.6. The van der Waals surface area contributed by atoms with Gasteiger partial charge in [0.05, 0.1) is 18.8 Å². The van der Waals surface area contributed by atoms with Crippen molar-refractivity contribution >= 4 is 5.97 Å². The Hall–Kier alpha value is -2.56. The molecule has 0 aliphatic rings. The van der Waals surface area contributed by atoms with Crippen LogP contribution < -0.4 is 14.2 Å². The van der Waals surface area contributed by atoms with Crippen LogP contribution in [0.3, 0.4) is 0 Å². The average molecular weight is 417 g/mol. The molecule has 0 fully saturated rings. The Balaban J connectivity index is 1.77. The van der Waals surface area contributed by atoms with Crippen LogP contribution in [0.2, 0.25) is 0 Å². The third-order valence-electron chi connectivity index (χ3n) is 4.68. The Bertz CT molecular complexity index is 758. The molecule has 0 heterocycles. The van der Waals surface area contributed by atoms with Gasteiger partial charge in [0.15, 0.2) is 11.6 Å². The monoisotopic (exact) mass is 416 g/mol. The molecular formula is C25H33FO4. The van der Waals surface area contributed by atoms with Crippen LogP contribution in [0, 0.1) is 5.82 Å². The third-order valence-corrected chi connectivity index (χ3v) is 4.68. The summed E-state index contributed by atoms with van der Waals surface area (Å²) in [6.45, 7) is 5.33. The van der Waals surface area contributed by atoms with Crippen molar-refractivity contribution in [1.82, 2.24) is 0 Å². The summed E-state index contributed by atoms with van der Waals surface area (Å²) in [7, 11) is 0. The molecule has 2 aromatic carbocycles. The average Bonchev–Trinajstić information content (AvgIpc) is 2.75. The van der Waals surface area contributed by atoms with Crippen molar-refractivity contribution < 1.29 is 23.4 Å². The van der Waals surface area contributed by atoms with Crippen LogP contribution in [0.25, 0.3) is 0 Å². The maximum Gasteiger partial charge on any atom is 0.343 e. The Kier molecular flexibility index (Phi) is 10.8. The zero-order valence-corrected chi connectivity index (χ0v) is 18.1. The maximum absolute atomic E-state index is 14.3. The second-order valence-electron chi connectivity index (χ2n) is 7.32. The van der Waals surface area contributed by atoms with Gasteiger partial charge in [0.25, 0.3) is 0 Å². The summed E-state index contributed by atoms with van der Waals surface area (Å²) in [5.41, 5.74) is 0.374. The number of unbranched alkanes of at least 4 members (excludes halogenated alkanes) is 6. The van der Waals surface area contributed by atoms with Crippen LogP contribution in [-0.2, 0) is 0 Å². The Labute approximate surface area is 179 Å². The molecule has 0 saturated heterocycles. The lowest BCUT2D eigenvalue weighted by molar-refractivity contribution is 0.0734. The van der Waals surface area contributed by atoms with E-state index in [1.807, 2.05) is 6.92 Å². The van der Waals surface area contributed by atoms with Crippen molar-refractivity contribution in [3.8, 4) is 17.2 Å². The van der Waals surface area contributed by atoms with Gasteiger partial charge in [-0.1, -0.05) is 52.4 Å². The number of rotatable bonds is 14. The standard InChI is InChI=1S/C25H33FO4/c1-3-5-6-7-8-9-10-18-29-24-16-15-22(19-23(24)26)30-25(27)20-11-13-21(14-12-20)28-17-4-2/h11-16,19H,3-10,17-18H2,1-2H3. The van der Waals surface area contributed by atoms with Crippen molar-refractivity contribution in [1.29, 1.82) is 0 Å². The summed E-state index contributed by atoms with van der Waals surface area (Å²) in [4.78, 5) is 12.3. The number of esters is 1. The van der Waals surface area contributed by atoms with Crippen LogP contribution in [-0.4, -0.2) is 19.2 Å². The fraction of sp³-hybridized carbons (Fsp3) is 0.480. The van der Waals surface area contributed by atoms with Crippen molar-refractivity contribution in [2.75, 3.05) is 13.2 Å². The van der Waals surface area contributed by atoms with Crippen molar-refractivity contribution in [3.63, 3.8) is 0 Å². The van der Waals surface area contributed by atoms with Crippen LogP contribution in [0.1, 0.15) is 75.6 Å². The first-order valence-electron chi connectivity index (χ1n) is 11.0. The second kappa shape index (κ2) is 13.6. The van der Waals surface area contributed by atoms with Gasteiger partial charge >= 0.3 is 5.97 Å². The van der Waals surface area contributed by atoms with Crippen LogP contribution in [0.5, 0.6) is 17.2 Å². The molecule has 4 nitrogen and oxygen atoms in total. The van der Waals surface area contributed by atoms with E-state index in [0.29, 0.717) is 24.5 Å². The molecule has 5 heteroatoms. The van der Waals surface area contributed by atoms with Crippen molar-refractivity contribution in [2.24, 2.45) is 0 Å². The third kappa shape index (κ3) is 8.44. The lowest BCUT2D eigenvalue weighted by Gasteiger charge is -2.10. The summed E-state index contributed by atoms with van der Waals surface area (Å²) in [5, 5.41) is 0. The molecule has 0 spiro atoms. The zero-order chi connectivity index (χ0) is 21.6. The quantitative estimate of drug-likeness (QED) is 0.190. The molecule has 0 aliphatic carbocycles. The van der Waals surface area contributed by atoms with E-state index in [9.17, 15) is 9.18 Å². The predicted molar refractivity (Wildman–Crippen MR) is 117 cm³/mol. The van der Waals surface area contributed by atoms with Gasteiger partial charge in [-0.3, -0.25) is 0 Å².